The van der Waals surface area contributed by atoms with Crippen LogP contribution in [0.3, 0.4) is 0 Å². The Morgan fingerprint density at radius 3 is 2.95 bits per heavy atom. The lowest BCUT2D eigenvalue weighted by molar-refractivity contribution is 0.0791. The molecule has 2 aromatic heterocycles. The molecule has 3 rings (SSSR count). The van der Waals surface area contributed by atoms with Crippen molar-refractivity contribution in [3.8, 4) is 9.88 Å². The van der Waals surface area contributed by atoms with Crippen LogP contribution in [0.4, 0.5) is 0 Å². The molecule has 1 unspecified atom stereocenters. The third-order valence-corrected chi connectivity index (χ3v) is 6.23. The Labute approximate surface area is 136 Å². The fraction of sp³-hybridized carbons (Fsp3) is 0.429. The van der Waals surface area contributed by atoms with Crippen LogP contribution in [0.5, 0.6) is 0 Å². The lowest BCUT2D eigenvalue weighted by Gasteiger charge is -2.15. The van der Waals surface area contributed by atoms with E-state index in [1.165, 1.54) is 22.7 Å². The third-order valence-electron chi connectivity index (χ3n) is 3.68. The van der Waals surface area contributed by atoms with Gasteiger partial charge in [0.05, 0.1) is 14.9 Å². The summed E-state index contributed by atoms with van der Waals surface area (Å²) in [6, 6.07) is 3.80. The molecule has 21 heavy (non-hydrogen) atoms. The zero-order valence-electron chi connectivity index (χ0n) is 11.6. The van der Waals surface area contributed by atoms with Crippen molar-refractivity contribution >= 4 is 40.2 Å². The summed E-state index contributed by atoms with van der Waals surface area (Å²) in [5.41, 5.74) is 6.48. The van der Waals surface area contributed by atoms with E-state index in [0.717, 1.165) is 44.3 Å². The normalized spacial score (nSPS) is 18.4. The van der Waals surface area contributed by atoms with Gasteiger partial charge in [-0.05, 0) is 37.9 Å². The van der Waals surface area contributed by atoms with Gasteiger partial charge < -0.3 is 10.6 Å². The number of carbonyl (C=O) groups excluding carboxylic acids is 1. The number of rotatable bonds is 3. The highest BCUT2D eigenvalue weighted by atomic mass is 35.5. The highest BCUT2D eigenvalue weighted by Gasteiger charge is 2.28. The molecule has 1 fully saturated rings. The second-order valence-corrected chi connectivity index (χ2v) is 7.89. The van der Waals surface area contributed by atoms with Crippen LogP contribution in [0.2, 0.25) is 4.34 Å². The summed E-state index contributed by atoms with van der Waals surface area (Å²) in [5.74, 6) is 0.507. The molecule has 0 aromatic carbocycles. The van der Waals surface area contributed by atoms with Crippen molar-refractivity contribution in [2.45, 2.75) is 13.3 Å². The fourth-order valence-corrected chi connectivity index (χ4v) is 4.61. The van der Waals surface area contributed by atoms with Gasteiger partial charge in [0.25, 0.3) is 5.91 Å². The molecule has 0 aliphatic carbocycles. The van der Waals surface area contributed by atoms with Crippen molar-refractivity contribution in [2.24, 2.45) is 11.7 Å². The van der Waals surface area contributed by atoms with Crippen molar-refractivity contribution in [1.29, 1.82) is 0 Å². The first-order chi connectivity index (χ1) is 10.1. The summed E-state index contributed by atoms with van der Waals surface area (Å²) < 4.78 is 0.732. The lowest BCUT2D eigenvalue weighted by atomic mass is 10.1. The molecule has 1 amide bonds. The summed E-state index contributed by atoms with van der Waals surface area (Å²) in [4.78, 5) is 20.8. The molecule has 3 heterocycles. The standard InChI is InChI=1S/C14H16ClN3OS2/c1-8-12(14(19)18-5-4-9(6-16)7-18)21-13(17-8)10-2-3-11(15)20-10/h2-3,9H,4-7,16H2,1H3. The van der Waals surface area contributed by atoms with Gasteiger partial charge in [-0.2, -0.15) is 0 Å². The Balaban J connectivity index is 1.83. The van der Waals surface area contributed by atoms with Crippen LogP contribution in [-0.2, 0) is 0 Å². The fourth-order valence-electron chi connectivity index (χ4n) is 2.48. The Morgan fingerprint density at radius 2 is 2.33 bits per heavy atom. The third kappa shape index (κ3) is 2.99. The molecule has 1 atom stereocenters. The number of thiazole rings is 1. The van der Waals surface area contributed by atoms with Crippen LogP contribution >= 0.6 is 34.3 Å². The molecule has 4 nitrogen and oxygen atoms in total. The molecule has 1 saturated heterocycles. The Hall–Kier alpha value is -0.950. The number of hydrogen-bond acceptors (Lipinski definition) is 5. The number of aryl methyl sites for hydroxylation is 1. The van der Waals surface area contributed by atoms with Crippen LogP contribution in [0.1, 0.15) is 21.8 Å². The maximum atomic E-state index is 12.6. The molecule has 1 aliphatic heterocycles. The van der Waals surface area contributed by atoms with Gasteiger partial charge in [-0.3, -0.25) is 4.79 Å². The molecular weight excluding hydrogens is 326 g/mol. The number of nitrogens with zero attached hydrogens (tertiary/aromatic N) is 2. The van der Waals surface area contributed by atoms with Gasteiger partial charge in [0, 0.05) is 13.1 Å². The van der Waals surface area contributed by atoms with Crippen molar-refractivity contribution in [1.82, 2.24) is 9.88 Å². The molecule has 0 spiro atoms. The maximum absolute atomic E-state index is 12.6. The van der Waals surface area contributed by atoms with Crippen molar-refractivity contribution in [2.75, 3.05) is 19.6 Å². The summed E-state index contributed by atoms with van der Waals surface area (Å²) in [6.45, 7) is 4.08. The number of thiophene rings is 1. The van der Waals surface area contributed by atoms with E-state index in [4.69, 9.17) is 17.3 Å². The lowest BCUT2D eigenvalue weighted by Crippen LogP contribution is -2.29. The second kappa shape index (κ2) is 6.04. The number of halogens is 1. The zero-order valence-corrected chi connectivity index (χ0v) is 14.0. The van der Waals surface area contributed by atoms with Crippen molar-refractivity contribution < 1.29 is 4.79 Å². The van der Waals surface area contributed by atoms with E-state index >= 15 is 0 Å². The predicted molar refractivity (Wildman–Crippen MR) is 88.2 cm³/mol. The summed E-state index contributed by atoms with van der Waals surface area (Å²) >= 11 is 8.89. The van der Waals surface area contributed by atoms with Gasteiger partial charge in [0.2, 0.25) is 0 Å². The van der Waals surface area contributed by atoms with Crippen LogP contribution in [-0.4, -0.2) is 35.4 Å². The molecule has 2 N–H and O–H groups in total. The molecule has 0 radical (unpaired) electrons. The minimum absolute atomic E-state index is 0.0786. The monoisotopic (exact) mass is 341 g/mol. The number of nitrogens with two attached hydrogens (primary N) is 1. The molecule has 2 aromatic rings. The summed E-state index contributed by atoms with van der Waals surface area (Å²) in [7, 11) is 0. The molecule has 1 aliphatic rings. The largest absolute Gasteiger partial charge is 0.338 e. The van der Waals surface area contributed by atoms with Gasteiger partial charge in [0.1, 0.15) is 9.88 Å². The van der Waals surface area contributed by atoms with E-state index in [1.54, 1.807) is 0 Å². The van der Waals surface area contributed by atoms with E-state index in [2.05, 4.69) is 4.98 Å². The van der Waals surface area contributed by atoms with E-state index in [-0.39, 0.29) is 5.91 Å². The molecule has 0 bridgehead atoms. The smallest absolute Gasteiger partial charge is 0.265 e. The number of hydrogen-bond donors (Lipinski definition) is 1. The second-order valence-electron chi connectivity index (χ2n) is 5.18. The first-order valence-electron chi connectivity index (χ1n) is 6.81. The van der Waals surface area contributed by atoms with E-state index in [0.29, 0.717) is 12.5 Å². The Bertz CT molecular complexity index is 667. The van der Waals surface area contributed by atoms with Gasteiger partial charge in [-0.25, -0.2) is 4.98 Å². The van der Waals surface area contributed by atoms with Crippen LogP contribution in [0.25, 0.3) is 9.88 Å². The maximum Gasteiger partial charge on any atom is 0.265 e. The summed E-state index contributed by atoms with van der Waals surface area (Å²) in [5, 5.41) is 0.863. The quantitative estimate of drug-likeness (QED) is 0.932. The molecule has 112 valence electrons. The Kier molecular flexibility index (Phi) is 4.31. The minimum Gasteiger partial charge on any atom is -0.338 e. The Morgan fingerprint density at radius 1 is 1.52 bits per heavy atom. The highest BCUT2D eigenvalue weighted by molar-refractivity contribution is 7.24. The molecule has 7 heteroatoms. The number of amides is 1. The van der Waals surface area contributed by atoms with E-state index in [1.807, 2.05) is 24.0 Å². The average molecular weight is 342 g/mol. The van der Waals surface area contributed by atoms with Gasteiger partial charge in [0.15, 0.2) is 0 Å². The number of likely N-dealkylation sites (tertiary alicyclic amines) is 1. The predicted octanol–water partition coefficient (Wildman–Crippen LogP) is 3.25. The van der Waals surface area contributed by atoms with Gasteiger partial charge in [-0.1, -0.05) is 11.6 Å². The average Bonchev–Trinajstić information content (AvgIpc) is 3.17. The van der Waals surface area contributed by atoms with E-state index < -0.39 is 0 Å². The van der Waals surface area contributed by atoms with Crippen LogP contribution < -0.4 is 5.73 Å². The molecule has 0 saturated carbocycles. The van der Waals surface area contributed by atoms with Crippen molar-refractivity contribution in [3.63, 3.8) is 0 Å². The van der Waals surface area contributed by atoms with E-state index in [9.17, 15) is 4.79 Å². The zero-order chi connectivity index (χ0) is 15.0. The van der Waals surface area contributed by atoms with Crippen LogP contribution in [0.15, 0.2) is 12.1 Å². The highest BCUT2D eigenvalue weighted by Crippen LogP contribution is 2.35. The van der Waals surface area contributed by atoms with Gasteiger partial charge >= 0.3 is 0 Å². The van der Waals surface area contributed by atoms with Crippen molar-refractivity contribution in [3.05, 3.63) is 27.0 Å². The topological polar surface area (TPSA) is 59.2 Å². The van der Waals surface area contributed by atoms with Gasteiger partial charge in [-0.15, -0.1) is 22.7 Å². The number of aromatic nitrogens is 1. The molecular formula is C14H16ClN3OS2. The SMILES string of the molecule is Cc1nc(-c2ccc(Cl)s2)sc1C(=O)N1CCC(CN)C1. The minimum atomic E-state index is 0.0786. The van der Waals surface area contributed by atoms with Crippen LogP contribution in [0, 0.1) is 12.8 Å². The first kappa shape index (κ1) is 15.0. The first-order valence-corrected chi connectivity index (χ1v) is 8.82. The number of carbonyl (C=O) groups is 1. The summed E-state index contributed by atoms with van der Waals surface area (Å²) in [6.07, 6.45) is 0.994.